The molecule has 2 atom stereocenters. The first-order valence-electron chi connectivity index (χ1n) is 12.5. The van der Waals surface area contributed by atoms with Gasteiger partial charge in [0.2, 0.25) is 0 Å². The lowest BCUT2D eigenvalue weighted by Crippen LogP contribution is -2.68. The number of fused-ring (bicyclic) bond motifs is 2. The molecule has 2 aliphatic carbocycles. The number of hydrogen-bond acceptors (Lipinski definition) is 2. The number of nitrogens with zero attached hydrogens (tertiary/aromatic N) is 1. The summed E-state index contributed by atoms with van der Waals surface area (Å²) in [6, 6.07) is 21.4. The van der Waals surface area contributed by atoms with Gasteiger partial charge in [0.05, 0.1) is 12.0 Å². The van der Waals surface area contributed by atoms with Crippen LogP contribution in [0.5, 0.6) is 0 Å². The summed E-state index contributed by atoms with van der Waals surface area (Å²) in [6.45, 7) is 8.94. The molecular weight excluding hydrogens is 432 g/mol. The predicted octanol–water partition coefficient (Wildman–Crippen LogP) is 5.22. The SMILES string of the molecule is CC(C)(C)[Si](OCC12C[C@]3(CN1CCC21CC1)CC3(F)F)(c1ccccc1)c1ccccc1. The third-order valence-electron chi connectivity index (χ3n) is 9.59. The van der Waals surface area contributed by atoms with Crippen LogP contribution >= 0.6 is 0 Å². The summed E-state index contributed by atoms with van der Waals surface area (Å²) in [5, 5.41) is 2.42. The summed E-state index contributed by atoms with van der Waals surface area (Å²) in [5.74, 6) is -2.50. The molecule has 2 aliphatic heterocycles. The minimum absolute atomic E-state index is 0.0630. The van der Waals surface area contributed by atoms with Crippen molar-refractivity contribution in [2.24, 2.45) is 10.8 Å². The van der Waals surface area contributed by atoms with Crippen molar-refractivity contribution in [2.75, 3.05) is 19.7 Å². The minimum Gasteiger partial charge on any atom is -0.406 e. The topological polar surface area (TPSA) is 12.5 Å². The Morgan fingerprint density at radius 3 is 1.85 bits per heavy atom. The molecule has 176 valence electrons. The molecule has 0 bridgehead atoms. The molecule has 0 aromatic heterocycles. The van der Waals surface area contributed by atoms with Gasteiger partial charge in [-0.3, -0.25) is 4.90 Å². The summed E-state index contributed by atoms with van der Waals surface area (Å²) in [6.07, 6.45) is 4.13. The van der Waals surface area contributed by atoms with Gasteiger partial charge >= 0.3 is 0 Å². The van der Waals surface area contributed by atoms with E-state index in [4.69, 9.17) is 4.43 Å². The monoisotopic (exact) mass is 467 g/mol. The zero-order valence-corrected chi connectivity index (χ0v) is 21.0. The van der Waals surface area contributed by atoms with Gasteiger partial charge in [0, 0.05) is 18.5 Å². The van der Waals surface area contributed by atoms with Crippen LogP contribution in [0, 0.1) is 10.8 Å². The molecule has 5 heteroatoms. The predicted molar refractivity (Wildman–Crippen MR) is 131 cm³/mol. The van der Waals surface area contributed by atoms with Crippen molar-refractivity contribution in [1.82, 2.24) is 4.90 Å². The summed E-state index contributed by atoms with van der Waals surface area (Å²) >= 11 is 0. The Morgan fingerprint density at radius 2 is 1.39 bits per heavy atom. The minimum atomic E-state index is -2.69. The average molecular weight is 468 g/mol. The summed E-state index contributed by atoms with van der Waals surface area (Å²) < 4.78 is 36.5. The number of benzene rings is 2. The standard InChI is InChI=1S/C28H35F2NOSi/c1-24(2,3)33(22-10-6-4-7-11-22,23-12-8-5-9-13-23)32-21-27-18-26(19-28(26,29)30)20-31(27)17-16-25(27)14-15-25/h4-13H,14-21H2,1-3H3/t26-,27?/m1/s1. The smallest absolute Gasteiger partial charge is 0.261 e. The Hall–Kier alpha value is -1.56. The zero-order valence-electron chi connectivity index (χ0n) is 20.0. The summed E-state index contributed by atoms with van der Waals surface area (Å²) in [5.41, 5.74) is -0.863. The first kappa shape index (κ1) is 21.9. The maximum atomic E-state index is 14.6. The molecule has 2 aromatic carbocycles. The Morgan fingerprint density at radius 1 is 0.848 bits per heavy atom. The second-order valence-electron chi connectivity index (χ2n) is 12.3. The zero-order chi connectivity index (χ0) is 23.2. The Bertz CT molecular complexity index is 1010. The van der Waals surface area contributed by atoms with E-state index in [1.54, 1.807) is 0 Å². The second kappa shape index (κ2) is 6.77. The van der Waals surface area contributed by atoms with Crippen molar-refractivity contribution >= 4 is 18.7 Å². The number of alkyl halides is 2. The van der Waals surface area contributed by atoms with Crippen LogP contribution in [0.1, 0.15) is 52.9 Å². The van der Waals surface area contributed by atoms with Crippen LogP contribution < -0.4 is 10.4 Å². The molecule has 1 unspecified atom stereocenters. The molecule has 2 saturated heterocycles. The molecule has 0 N–H and O–H groups in total. The lowest BCUT2D eigenvalue weighted by Gasteiger charge is -2.47. The first-order chi connectivity index (χ1) is 15.6. The summed E-state index contributed by atoms with van der Waals surface area (Å²) in [4.78, 5) is 2.43. The molecule has 4 fully saturated rings. The van der Waals surface area contributed by atoms with E-state index in [0.717, 1.165) is 25.8 Å². The van der Waals surface area contributed by atoms with Gasteiger partial charge in [-0.15, -0.1) is 0 Å². The quantitative estimate of drug-likeness (QED) is 0.559. The van der Waals surface area contributed by atoms with Crippen LogP contribution in [0.2, 0.25) is 5.04 Å². The van der Waals surface area contributed by atoms with Gasteiger partial charge in [-0.2, -0.15) is 0 Å². The molecule has 2 nitrogen and oxygen atoms in total. The Balaban J connectivity index is 1.44. The molecule has 4 aliphatic rings. The van der Waals surface area contributed by atoms with Crippen LogP contribution in [-0.2, 0) is 4.43 Å². The van der Waals surface area contributed by atoms with E-state index in [-0.39, 0.29) is 22.4 Å². The second-order valence-corrected chi connectivity index (χ2v) is 16.6. The van der Waals surface area contributed by atoms with Gasteiger partial charge < -0.3 is 4.43 Å². The van der Waals surface area contributed by atoms with Gasteiger partial charge in [0.1, 0.15) is 0 Å². The van der Waals surface area contributed by atoms with E-state index in [1.807, 2.05) is 0 Å². The molecule has 2 spiro atoms. The van der Waals surface area contributed by atoms with Crippen molar-refractivity contribution in [3.63, 3.8) is 0 Å². The Labute approximate surface area is 197 Å². The van der Waals surface area contributed by atoms with Crippen molar-refractivity contribution in [3.8, 4) is 0 Å². The fourth-order valence-electron chi connectivity index (χ4n) is 7.54. The van der Waals surface area contributed by atoms with Crippen molar-refractivity contribution in [1.29, 1.82) is 0 Å². The van der Waals surface area contributed by atoms with Crippen molar-refractivity contribution in [3.05, 3.63) is 60.7 Å². The van der Waals surface area contributed by atoms with E-state index in [2.05, 4.69) is 86.3 Å². The third kappa shape index (κ3) is 2.88. The van der Waals surface area contributed by atoms with Crippen LogP contribution in [0.15, 0.2) is 60.7 Å². The van der Waals surface area contributed by atoms with Crippen LogP contribution in [0.25, 0.3) is 0 Å². The highest BCUT2D eigenvalue weighted by Crippen LogP contribution is 2.76. The molecule has 0 radical (unpaired) electrons. The van der Waals surface area contributed by atoms with Gasteiger partial charge in [-0.25, -0.2) is 8.78 Å². The maximum absolute atomic E-state index is 14.6. The van der Waals surface area contributed by atoms with Gasteiger partial charge in [0.25, 0.3) is 14.2 Å². The average Bonchev–Trinajstić information content (AvgIpc) is 3.59. The molecule has 6 rings (SSSR count). The van der Waals surface area contributed by atoms with Crippen LogP contribution in [-0.4, -0.2) is 44.4 Å². The lowest BCUT2D eigenvalue weighted by molar-refractivity contribution is 0.0539. The molecular formula is C28H35F2NOSi. The van der Waals surface area contributed by atoms with E-state index >= 15 is 0 Å². The van der Waals surface area contributed by atoms with E-state index < -0.39 is 19.7 Å². The highest BCUT2D eigenvalue weighted by Gasteiger charge is 2.81. The highest BCUT2D eigenvalue weighted by atomic mass is 28.4. The molecule has 2 heterocycles. The third-order valence-corrected chi connectivity index (χ3v) is 14.6. The van der Waals surface area contributed by atoms with E-state index in [1.165, 1.54) is 10.4 Å². The van der Waals surface area contributed by atoms with Crippen molar-refractivity contribution < 1.29 is 13.2 Å². The van der Waals surface area contributed by atoms with Gasteiger partial charge in [-0.1, -0.05) is 81.4 Å². The summed E-state index contributed by atoms with van der Waals surface area (Å²) in [7, 11) is -2.69. The highest BCUT2D eigenvalue weighted by molar-refractivity contribution is 6.99. The molecule has 0 amide bonds. The largest absolute Gasteiger partial charge is 0.406 e. The van der Waals surface area contributed by atoms with Crippen molar-refractivity contribution in [2.45, 2.75) is 69.4 Å². The van der Waals surface area contributed by atoms with E-state index in [9.17, 15) is 8.78 Å². The molecule has 2 saturated carbocycles. The molecule has 33 heavy (non-hydrogen) atoms. The van der Waals surface area contributed by atoms with Gasteiger partial charge in [-0.05, 0) is 53.1 Å². The lowest BCUT2D eigenvalue weighted by atomic mass is 9.78. The first-order valence-corrected chi connectivity index (χ1v) is 14.4. The maximum Gasteiger partial charge on any atom is 0.261 e. The number of rotatable bonds is 5. The Kier molecular flexibility index (Phi) is 4.50. The normalized spacial score (nSPS) is 31.8. The fourth-order valence-corrected chi connectivity index (χ4v) is 12.1. The number of hydrogen-bond donors (Lipinski definition) is 0. The van der Waals surface area contributed by atoms with Crippen LogP contribution in [0.3, 0.4) is 0 Å². The molecule has 2 aromatic rings. The number of halogens is 2. The van der Waals surface area contributed by atoms with Crippen LogP contribution in [0.4, 0.5) is 8.78 Å². The fraction of sp³-hybridized carbons (Fsp3) is 0.571. The van der Waals surface area contributed by atoms with Gasteiger partial charge in [0.15, 0.2) is 0 Å². The van der Waals surface area contributed by atoms with E-state index in [0.29, 0.717) is 19.6 Å².